The number of hydrogen-bond donors (Lipinski definition) is 0. The lowest BCUT2D eigenvalue weighted by atomic mass is 9.96. The summed E-state index contributed by atoms with van der Waals surface area (Å²) in [7, 11) is -1.39. The van der Waals surface area contributed by atoms with Crippen LogP contribution in [-0.4, -0.2) is 55.5 Å². The largest absolute Gasteiger partial charge is 0.299 e. The molecule has 112 valence electrons. The van der Waals surface area contributed by atoms with Crippen molar-refractivity contribution < 1.29 is 8.42 Å². The van der Waals surface area contributed by atoms with Gasteiger partial charge in [-0.05, 0) is 49.5 Å². The lowest BCUT2D eigenvalue weighted by Crippen LogP contribution is -2.38. The van der Waals surface area contributed by atoms with Crippen LogP contribution in [0.3, 0.4) is 0 Å². The Hall–Kier alpha value is -0.980. The second-order valence-electron chi connectivity index (χ2n) is 5.62. The van der Waals surface area contributed by atoms with Gasteiger partial charge >= 0.3 is 0 Å². The van der Waals surface area contributed by atoms with Crippen molar-refractivity contribution in [3.63, 3.8) is 0 Å². The van der Waals surface area contributed by atoms with Crippen LogP contribution in [-0.2, 0) is 16.6 Å². The van der Waals surface area contributed by atoms with Crippen molar-refractivity contribution in [2.24, 2.45) is 5.92 Å². The average Bonchev–Trinajstić information content (AvgIpc) is 2.41. The van der Waals surface area contributed by atoms with Gasteiger partial charge in [0, 0.05) is 32.5 Å². The van der Waals surface area contributed by atoms with Gasteiger partial charge in [0.1, 0.15) is 0 Å². The lowest BCUT2D eigenvalue weighted by Gasteiger charge is -2.33. The van der Waals surface area contributed by atoms with Gasteiger partial charge in [-0.2, -0.15) is 0 Å². The number of sulfonamides is 1. The fraction of sp³-hybridized carbons (Fsp3) is 0.643. The Kier molecular flexibility index (Phi) is 5.12. The first kappa shape index (κ1) is 15.4. The third-order valence-corrected chi connectivity index (χ3v) is 5.23. The zero-order chi connectivity index (χ0) is 14.6. The summed E-state index contributed by atoms with van der Waals surface area (Å²) in [5.41, 5.74) is 1.28. The summed E-state index contributed by atoms with van der Waals surface area (Å²) in [6.07, 6.45) is 7.04. The number of rotatable bonds is 5. The first-order valence-corrected chi connectivity index (χ1v) is 8.82. The van der Waals surface area contributed by atoms with Gasteiger partial charge in [0.2, 0.25) is 10.0 Å². The van der Waals surface area contributed by atoms with Crippen LogP contribution < -0.4 is 0 Å². The van der Waals surface area contributed by atoms with Crippen molar-refractivity contribution in [3.05, 3.63) is 30.1 Å². The maximum Gasteiger partial charge on any atom is 0.210 e. The number of aromatic nitrogens is 1. The molecule has 0 amide bonds. The smallest absolute Gasteiger partial charge is 0.210 e. The van der Waals surface area contributed by atoms with Crippen molar-refractivity contribution in [3.8, 4) is 0 Å². The normalized spacial score (nSPS) is 18.6. The second kappa shape index (κ2) is 6.65. The number of piperidine rings is 1. The van der Waals surface area contributed by atoms with Crippen molar-refractivity contribution in [1.29, 1.82) is 0 Å². The lowest BCUT2D eigenvalue weighted by molar-refractivity contribution is 0.166. The molecule has 1 aliphatic heterocycles. The minimum atomic E-state index is -3.05. The Morgan fingerprint density at radius 2 is 1.90 bits per heavy atom. The quantitative estimate of drug-likeness (QED) is 0.819. The van der Waals surface area contributed by atoms with E-state index < -0.39 is 10.0 Å². The molecular weight excluding hydrogens is 274 g/mol. The fourth-order valence-corrected chi connectivity index (χ4v) is 3.05. The SMILES string of the molecule is CN(CC1CCN(Cc2ccncc2)CC1)S(C)(=O)=O. The zero-order valence-electron chi connectivity index (χ0n) is 12.2. The molecule has 2 heterocycles. The minimum Gasteiger partial charge on any atom is -0.299 e. The molecule has 0 aromatic carbocycles. The molecule has 1 aromatic heterocycles. The molecule has 0 unspecified atom stereocenters. The van der Waals surface area contributed by atoms with E-state index in [0.717, 1.165) is 32.5 Å². The topological polar surface area (TPSA) is 53.5 Å². The molecule has 0 radical (unpaired) electrons. The standard InChI is InChI=1S/C14H23N3O2S/c1-16(20(2,18)19)11-14-5-9-17(10-6-14)12-13-3-7-15-8-4-13/h3-4,7-8,14H,5-6,9-12H2,1-2H3. The van der Waals surface area contributed by atoms with Crippen molar-refractivity contribution in [1.82, 2.24) is 14.2 Å². The van der Waals surface area contributed by atoms with E-state index in [1.165, 1.54) is 16.1 Å². The molecule has 1 saturated heterocycles. The number of likely N-dealkylation sites (tertiary alicyclic amines) is 1. The van der Waals surface area contributed by atoms with Crippen LogP contribution in [0.1, 0.15) is 18.4 Å². The molecule has 2 rings (SSSR count). The molecule has 1 aromatic rings. The van der Waals surface area contributed by atoms with Crippen LogP contribution in [0, 0.1) is 5.92 Å². The molecule has 5 nitrogen and oxygen atoms in total. The summed E-state index contributed by atoms with van der Waals surface area (Å²) in [6.45, 7) is 3.66. The molecule has 1 fully saturated rings. The highest BCUT2D eigenvalue weighted by Gasteiger charge is 2.23. The van der Waals surface area contributed by atoms with Crippen molar-refractivity contribution >= 4 is 10.0 Å². The Morgan fingerprint density at radius 3 is 2.45 bits per heavy atom. The zero-order valence-corrected chi connectivity index (χ0v) is 13.0. The Balaban J connectivity index is 1.78. The van der Waals surface area contributed by atoms with Crippen LogP contribution >= 0.6 is 0 Å². The van der Waals surface area contributed by atoms with E-state index in [4.69, 9.17) is 0 Å². The van der Waals surface area contributed by atoms with Gasteiger partial charge in [0.05, 0.1) is 6.26 Å². The van der Waals surface area contributed by atoms with Crippen LogP contribution in [0.5, 0.6) is 0 Å². The summed E-state index contributed by atoms with van der Waals surface area (Å²) >= 11 is 0. The molecule has 0 spiro atoms. The molecular formula is C14H23N3O2S. The van der Waals surface area contributed by atoms with E-state index >= 15 is 0 Å². The molecule has 1 aliphatic rings. The predicted molar refractivity (Wildman–Crippen MR) is 79.7 cm³/mol. The van der Waals surface area contributed by atoms with E-state index in [0.29, 0.717) is 12.5 Å². The minimum absolute atomic E-state index is 0.475. The highest BCUT2D eigenvalue weighted by atomic mass is 32.2. The highest BCUT2D eigenvalue weighted by molar-refractivity contribution is 7.88. The van der Waals surface area contributed by atoms with Crippen LogP contribution in [0.2, 0.25) is 0 Å². The van der Waals surface area contributed by atoms with Crippen molar-refractivity contribution in [2.75, 3.05) is 32.9 Å². The third-order valence-electron chi connectivity index (χ3n) is 3.94. The molecule has 0 bridgehead atoms. The summed E-state index contributed by atoms with van der Waals surface area (Å²) in [6, 6.07) is 4.09. The molecule has 0 saturated carbocycles. The molecule has 6 heteroatoms. The maximum atomic E-state index is 11.4. The highest BCUT2D eigenvalue weighted by Crippen LogP contribution is 2.20. The molecule has 0 aliphatic carbocycles. The average molecular weight is 297 g/mol. The van der Waals surface area contributed by atoms with Gasteiger partial charge in [-0.15, -0.1) is 0 Å². The number of pyridine rings is 1. The van der Waals surface area contributed by atoms with Gasteiger partial charge in [-0.25, -0.2) is 12.7 Å². The van der Waals surface area contributed by atoms with Gasteiger partial charge in [0.25, 0.3) is 0 Å². The van der Waals surface area contributed by atoms with Gasteiger partial charge < -0.3 is 0 Å². The van der Waals surface area contributed by atoms with E-state index in [1.54, 1.807) is 7.05 Å². The number of hydrogen-bond acceptors (Lipinski definition) is 4. The summed E-state index contributed by atoms with van der Waals surface area (Å²) in [4.78, 5) is 6.45. The third kappa shape index (κ3) is 4.54. The van der Waals surface area contributed by atoms with Crippen LogP contribution in [0.25, 0.3) is 0 Å². The molecule has 0 N–H and O–H groups in total. The monoisotopic (exact) mass is 297 g/mol. The fourth-order valence-electron chi connectivity index (χ4n) is 2.57. The number of nitrogens with zero attached hydrogens (tertiary/aromatic N) is 3. The predicted octanol–water partition coefficient (Wildman–Crippen LogP) is 1.18. The van der Waals surface area contributed by atoms with Crippen LogP contribution in [0.4, 0.5) is 0 Å². The Bertz CT molecular complexity index is 510. The first-order chi connectivity index (χ1) is 9.45. The second-order valence-corrected chi connectivity index (χ2v) is 7.71. The maximum absolute atomic E-state index is 11.4. The van der Waals surface area contributed by atoms with Crippen molar-refractivity contribution in [2.45, 2.75) is 19.4 Å². The van der Waals surface area contributed by atoms with Gasteiger partial charge in [0.15, 0.2) is 0 Å². The summed E-state index contributed by atoms with van der Waals surface area (Å²) in [5.74, 6) is 0.475. The van der Waals surface area contributed by atoms with E-state index in [2.05, 4.69) is 9.88 Å². The Labute approximate surface area is 121 Å². The van der Waals surface area contributed by atoms with E-state index in [9.17, 15) is 8.42 Å². The summed E-state index contributed by atoms with van der Waals surface area (Å²) in [5, 5.41) is 0. The van der Waals surface area contributed by atoms with E-state index in [1.807, 2.05) is 24.5 Å². The first-order valence-electron chi connectivity index (χ1n) is 6.97. The van der Waals surface area contributed by atoms with Crippen LogP contribution in [0.15, 0.2) is 24.5 Å². The Morgan fingerprint density at radius 1 is 1.30 bits per heavy atom. The van der Waals surface area contributed by atoms with E-state index in [-0.39, 0.29) is 0 Å². The van der Waals surface area contributed by atoms with Gasteiger partial charge in [-0.1, -0.05) is 0 Å². The van der Waals surface area contributed by atoms with Gasteiger partial charge in [-0.3, -0.25) is 9.88 Å². The molecule has 20 heavy (non-hydrogen) atoms. The summed E-state index contributed by atoms with van der Waals surface area (Å²) < 4.78 is 24.3. The molecule has 0 atom stereocenters.